The minimum atomic E-state index is -0.692. The van der Waals surface area contributed by atoms with Gasteiger partial charge >= 0.3 is 0 Å². The number of halogens is 1. The summed E-state index contributed by atoms with van der Waals surface area (Å²) in [5.74, 6) is -0.296. The fourth-order valence-electron chi connectivity index (χ4n) is 2.88. The van der Waals surface area contributed by atoms with Crippen LogP contribution in [-0.4, -0.2) is 35.4 Å². The quantitative estimate of drug-likeness (QED) is 0.637. The zero-order valence-electron chi connectivity index (χ0n) is 18.2. The molecule has 0 aliphatic rings. The molecule has 0 unspecified atom stereocenters. The van der Waals surface area contributed by atoms with Gasteiger partial charge in [-0.05, 0) is 62.1 Å². The van der Waals surface area contributed by atoms with Crippen molar-refractivity contribution in [3.05, 3.63) is 65.5 Å². The Bertz CT molecular complexity index is 821. The van der Waals surface area contributed by atoms with E-state index in [4.69, 9.17) is 4.74 Å². The molecule has 0 aromatic heterocycles. The van der Waals surface area contributed by atoms with Crippen molar-refractivity contribution in [2.75, 3.05) is 6.61 Å². The molecule has 0 aliphatic heterocycles. The van der Waals surface area contributed by atoms with E-state index in [9.17, 15) is 14.0 Å². The normalized spacial score (nSPS) is 12.7. The number of nitrogens with one attached hydrogen (secondary N) is 1. The number of aryl methyl sites for hydroxylation is 1. The third-order valence-electron chi connectivity index (χ3n) is 5.13. The van der Waals surface area contributed by atoms with E-state index in [1.165, 1.54) is 22.6 Å². The first-order chi connectivity index (χ1) is 14.3. The van der Waals surface area contributed by atoms with Crippen LogP contribution < -0.4 is 10.1 Å². The summed E-state index contributed by atoms with van der Waals surface area (Å²) < 4.78 is 18.9. The van der Waals surface area contributed by atoms with Crippen molar-refractivity contribution in [3.8, 4) is 5.75 Å². The molecule has 2 rings (SSSR count). The number of ether oxygens (including phenoxy) is 1. The maximum atomic E-state index is 13.2. The number of carbonyl (C=O) groups is 2. The summed E-state index contributed by atoms with van der Waals surface area (Å²) in [6.45, 7) is 7.65. The summed E-state index contributed by atoms with van der Waals surface area (Å²) in [4.78, 5) is 27.1. The number of nitrogens with zero attached hydrogens (tertiary/aromatic N) is 1. The Labute approximate surface area is 178 Å². The van der Waals surface area contributed by atoms with Crippen LogP contribution in [0, 0.1) is 5.82 Å². The Kier molecular flexibility index (Phi) is 8.84. The van der Waals surface area contributed by atoms with Crippen LogP contribution in [0.25, 0.3) is 0 Å². The van der Waals surface area contributed by atoms with Crippen LogP contribution in [-0.2, 0) is 22.6 Å². The Balaban J connectivity index is 2.12. The molecule has 0 fully saturated rings. The van der Waals surface area contributed by atoms with Gasteiger partial charge in [0.15, 0.2) is 6.61 Å². The zero-order chi connectivity index (χ0) is 22.1. The predicted molar refractivity (Wildman–Crippen MR) is 116 cm³/mol. The zero-order valence-corrected chi connectivity index (χ0v) is 18.2. The molecule has 0 saturated heterocycles. The molecule has 0 saturated carbocycles. The number of amides is 2. The molecule has 2 aromatic carbocycles. The average molecular weight is 415 g/mol. The van der Waals surface area contributed by atoms with E-state index in [1.54, 1.807) is 19.1 Å². The van der Waals surface area contributed by atoms with Gasteiger partial charge in [-0.25, -0.2) is 4.39 Å². The van der Waals surface area contributed by atoms with Gasteiger partial charge in [0.2, 0.25) is 5.91 Å². The van der Waals surface area contributed by atoms with Crippen LogP contribution in [0.5, 0.6) is 5.75 Å². The van der Waals surface area contributed by atoms with Gasteiger partial charge in [-0.3, -0.25) is 9.59 Å². The topological polar surface area (TPSA) is 58.6 Å². The molecule has 0 aliphatic carbocycles. The molecule has 2 aromatic rings. The van der Waals surface area contributed by atoms with E-state index in [0.717, 1.165) is 18.4 Å². The number of hydrogen-bond donors (Lipinski definition) is 1. The molecule has 0 bridgehead atoms. The molecule has 0 radical (unpaired) electrons. The summed E-state index contributed by atoms with van der Waals surface area (Å²) in [6, 6.07) is 12.8. The first-order valence-electron chi connectivity index (χ1n) is 10.4. The number of carbonyl (C=O) groups excluding carboxylic acids is 2. The molecule has 2 amide bonds. The van der Waals surface area contributed by atoms with Crippen LogP contribution in [0.15, 0.2) is 48.5 Å². The van der Waals surface area contributed by atoms with E-state index in [2.05, 4.69) is 12.2 Å². The second-order valence-corrected chi connectivity index (χ2v) is 7.43. The lowest BCUT2D eigenvalue weighted by Crippen LogP contribution is -2.50. The van der Waals surface area contributed by atoms with Gasteiger partial charge in [0, 0.05) is 12.6 Å². The monoisotopic (exact) mass is 414 g/mol. The highest BCUT2D eigenvalue weighted by Gasteiger charge is 2.27. The Hall–Kier alpha value is -2.89. The smallest absolute Gasteiger partial charge is 0.261 e. The van der Waals surface area contributed by atoms with Gasteiger partial charge in [0.1, 0.15) is 17.6 Å². The van der Waals surface area contributed by atoms with Gasteiger partial charge < -0.3 is 15.0 Å². The molecule has 6 heteroatoms. The molecule has 5 nitrogen and oxygen atoms in total. The highest BCUT2D eigenvalue weighted by Crippen LogP contribution is 2.15. The van der Waals surface area contributed by atoms with Crippen molar-refractivity contribution in [2.24, 2.45) is 0 Å². The summed E-state index contributed by atoms with van der Waals surface area (Å²) in [7, 11) is 0. The largest absolute Gasteiger partial charge is 0.484 e. The van der Waals surface area contributed by atoms with E-state index in [1.807, 2.05) is 38.1 Å². The highest BCUT2D eigenvalue weighted by atomic mass is 19.1. The first kappa shape index (κ1) is 23.4. The first-order valence-corrected chi connectivity index (χ1v) is 10.4. The number of rotatable bonds is 10. The van der Waals surface area contributed by atoms with Gasteiger partial charge in [0.05, 0.1) is 0 Å². The van der Waals surface area contributed by atoms with E-state index in [-0.39, 0.29) is 36.8 Å². The number of benzene rings is 2. The van der Waals surface area contributed by atoms with Crippen LogP contribution in [0.1, 0.15) is 45.2 Å². The average Bonchev–Trinajstić information content (AvgIpc) is 2.76. The predicted octanol–water partition coefficient (Wildman–Crippen LogP) is 4.10. The summed E-state index contributed by atoms with van der Waals surface area (Å²) >= 11 is 0. The van der Waals surface area contributed by atoms with Crippen molar-refractivity contribution in [1.29, 1.82) is 0 Å². The molecular formula is C24H31FN2O3. The second kappa shape index (κ2) is 11.3. The van der Waals surface area contributed by atoms with Crippen LogP contribution in [0.2, 0.25) is 0 Å². The number of hydrogen-bond acceptors (Lipinski definition) is 3. The van der Waals surface area contributed by atoms with Crippen LogP contribution in [0.4, 0.5) is 4.39 Å². The van der Waals surface area contributed by atoms with Crippen molar-refractivity contribution < 1.29 is 18.7 Å². The van der Waals surface area contributed by atoms with E-state index < -0.39 is 6.04 Å². The standard InChI is InChI=1S/C24H31FN2O3/c1-5-17(3)26-24(29)18(4)27(15-20-7-11-21(25)12-8-20)23(28)16-30-22-13-9-19(6-2)10-14-22/h7-14,17-18H,5-6,15-16H2,1-4H3,(H,26,29)/t17-,18+/m0/s1. The fourth-order valence-corrected chi connectivity index (χ4v) is 2.88. The Morgan fingerprint density at radius 1 is 1.00 bits per heavy atom. The Morgan fingerprint density at radius 3 is 2.17 bits per heavy atom. The highest BCUT2D eigenvalue weighted by molar-refractivity contribution is 5.88. The lowest BCUT2D eigenvalue weighted by molar-refractivity contribution is -0.142. The summed E-state index contributed by atoms with van der Waals surface area (Å²) in [5, 5.41) is 2.91. The van der Waals surface area contributed by atoms with Crippen molar-refractivity contribution in [2.45, 2.75) is 59.2 Å². The lowest BCUT2D eigenvalue weighted by atomic mass is 10.1. The third-order valence-corrected chi connectivity index (χ3v) is 5.13. The SMILES string of the molecule is CCc1ccc(OCC(=O)N(Cc2ccc(F)cc2)[C@H](C)C(=O)N[C@@H](C)CC)cc1. The van der Waals surface area contributed by atoms with Gasteiger partial charge in [-0.15, -0.1) is 0 Å². The Morgan fingerprint density at radius 2 is 1.60 bits per heavy atom. The molecule has 0 spiro atoms. The van der Waals surface area contributed by atoms with Gasteiger partial charge in [-0.2, -0.15) is 0 Å². The van der Waals surface area contributed by atoms with E-state index in [0.29, 0.717) is 5.75 Å². The second-order valence-electron chi connectivity index (χ2n) is 7.43. The maximum Gasteiger partial charge on any atom is 0.261 e. The maximum absolute atomic E-state index is 13.2. The minimum absolute atomic E-state index is 0.0102. The van der Waals surface area contributed by atoms with Crippen molar-refractivity contribution >= 4 is 11.8 Å². The van der Waals surface area contributed by atoms with Gasteiger partial charge in [0.25, 0.3) is 5.91 Å². The minimum Gasteiger partial charge on any atom is -0.484 e. The molecular weight excluding hydrogens is 383 g/mol. The van der Waals surface area contributed by atoms with Crippen LogP contribution >= 0.6 is 0 Å². The molecule has 0 heterocycles. The van der Waals surface area contributed by atoms with Crippen molar-refractivity contribution in [1.82, 2.24) is 10.2 Å². The van der Waals surface area contributed by atoms with E-state index >= 15 is 0 Å². The molecule has 2 atom stereocenters. The molecule has 30 heavy (non-hydrogen) atoms. The van der Waals surface area contributed by atoms with Crippen LogP contribution in [0.3, 0.4) is 0 Å². The summed E-state index contributed by atoms with van der Waals surface area (Å²) in [6.07, 6.45) is 1.72. The van der Waals surface area contributed by atoms with Crippen molar-refractivity contribution in [3.63, 3.8) is 0 Å². The molecule has 1 N–H and O–H groups in total. The lowest BCUT2D eigenvalue weighted by Gasteiger charge is -2.29. The summed E-state index contributed by atoms with van der Waals surface area (Å²) in [5.41, 5.74) is 1.92. The fraction of sp³-hybridized carbons (Fsp3) is 0.417. The third kappa shape index (κ3) is 6.87. The van der Waals surface area contributed by atoms with Gasteiger partial charge in [-0.1, -0.05) is 38.1 Å². The molecule has 162 valence electrons.